The van der Waals surface area contributed by atoms with Crippen molar-refractivity contribution < 1.29 is 9.90 Å². The maximum absolute atomic E-state index is 12.6. The van der Waals surface area contributed by atoms with Crippen LogP contribution in [0, 0.1) is 6.92 Å². The number of nitrogens with one attached hydrogen (secondary N) is 1. The molecule has 0 bridgehead atoms. The van der Waals surface area contributed by atoms with Gasteiger partial charge in [-0.15, -0.1) is 0 Å². The first-order valence-electron chi connectivity index (χ1n) is 8.97. The average molecular weight is 360 g/mol. The van der Waals surface area contributed by atoms with Gasteiger partial charge in [0.05, 0.1) is 6.20 Å². The molecule has 0 saturated carbocycles. The van der Waals surface area contributed by atoms with Crippen LogP contribution in [0.3, 0.4) is 0 Å². The molecule has 8 nitrogen and oxygen atoms in total. The summed E-state index contributed by atoms with van der Waals surface area (Å²) in [4.78, 5) is 21.1. The summed E-state index contributed by atoms with van der Waals surface area (Å²) in [6.07, 6.45) is 0.820. The van der Waals surface area contributed by atoms with Crippen molar-refractivity contribution in [1.82, 2.24) is 24.8 Å². The largest absolute Gasteiger partial charge is 0.361 e. The number of hydrogen-bond donors (Lipinski definition) is 2. The van der Waals surface area contributed by atoms with Crippen molar-refractivity contribution in [2.45, 2.75) is 59.5 Å². The minimum absolute atomic E-state index is 0.206. The summed E-state index contributed by atoms with van der Waals surface area (Å²) < 4.78 is 1.66. The number of amides is 1. The van der Waals surface area contributed by atoms with E-state index in [1.54, 1.807) is 10.7 Å². The molecule has 1 aliphatic heterocycles. The second-order valence-electron chi connectivity index (χ2n) is 8.12. The van der Waals surface area contributed by atoms with Gasteiger partial charge in [-0.05, 0) is 41.5 Å². The van der Waals surface area contributed by atoms with Crippen LogP contribution >= 0.6 is 0 Å². The zero-order valence-corrected chi connectivity index (χ0v) is 16.3. The third kappa shape index (κ3) is 3.39. The van der Waals surface area contributed by atoms with Crippen molar-refractivity contribution in [2.75, 3.05) is 18.0 Å². The van der Waals surface area contributed by atoms with E-state index in [2.05, 4.69) is 29.2 Å². The van der Waals surface area contributed by atoms with E-state index in [1.807, 2.05) is 43.6 Å². The Labute approximate surface area is 153 Å². The molecule has 1 aliphatic rings. The summed E-state index contributed by atoms with van der Waals surface area (Å²) in [7, 11) is 0. The lowest BCUT2D eigenvalue weighted by Gasteiger charge is -2.28. The van der Waals surface area contributed by atoms with Gasteiger partial charge in [-0.3, -0.25) is 9.69 Å². The number of hydrogen-bond acceptors (Lipinski definition) is 6. The molecule has 8 heteroatoms. The van der Waals surface area contributed by atoms with Gasteiger partial charge in [0.1, 0.15) is 11.4 Å². The topological polar surface area (TPSA) is 86.0 Å². The van der Waals surface area contributed by atoms with Gasteiger partial charge in [0, 0.05) is 36.4 Å². The van der Waals surface area contributed by atoms with Gasteiger partial charge in [0.25, 0.3) is 5.91 Å². The Morgan fingerprint density at radius 1 is 1.35 bits per heavy atom. The molecule has 1 saturated heterocycles. The minimum atomic E-state index is -0.723. The van der Waals surface area contributed by atoms with Crippen LogP contribution in [-0.2, 0) is 0 Å². The molecule has 0 aliphatic carbocycles. The van der Waals surface area contributed by atoms with Gasteiger partial charge in [-0.2, -0.15) is 5.10 Å². The molecule has 0 spiro atoms. The van der Waals surface area contributed by atoms with Crippen LogP contribution in [0.1, 0.15) is 50.7 Å². The molecular formula is C18H28N6O2. The Balaban J connectivity index is 1.99. The SMILES string of the molecule is Cc1cc(N2CCN(C(C)C)C2O)nc2c(C(=O)NC(C)(C)C)cnn12. The molecule has 1 amide bonds. The van der Waals surface area contributed by atoms with E-state index in [0.29, 0.717) is 23.6 Å². The molecule has 26 heavy (non-hydrogen) atoms. The van der Waals surface area contributed by atoms with Gasteiger partial charge in [-0.1, -0.05) is 0 Å². The van der Waals surface area contributed by atoms with Crippen LogP contribution in [0.15, 0.2) is 12.3 Å². The third-order valence-electron chi connectivity index (χ3n) is 4.50. The van der Waals surface area contributed by atoms with Crippen molar-refractivity contribution in [2.24, 2.45) is 0 Å². The normalized spacial score (nSPS) is 18.9. The van der Waals surface area contributed by atoms with E-state index in [0.717, 1.165) is 12.2 Å². The number of carbonyl (C=O) groups excluding carboxylic acids is 1. The van der Waals surface area contributed by atoms with Crippen LogP contribution in [0.4, 0.5) is 5.82 Å². The highest BCUT2D eigenvalue weighted by Crippen LogP contribution is 2.25. The minimum Gasteiger partial charge on any atom is -0.361 e. The zero-order valence-electron chi connectivity index (χ0n) is 16.3. The molecule has 2 aromatic rings. The summed E-state index contributed by atoms with van der Waals surface area (Å²) in [5.41, 5.74) is 1.44. The van der Waals surface area contributed by atoms with Crippen molar-refractivity contribution in [3.8, 4) is 0 Å². The maximum atomic E-state index is 12.6. The maximum Gasteiger partial charge on any atom is 0.257 e. The predicted octanol–water partition coefficient (Wildman–Crippen LogP) is 1.37. The lowest BCUT2D eigenvalue weighted by molar-refractivity contribution is 0.0193. The van der Waals surface area contributed by atoms with Crippen LogP contribution in [-0.4, -0.2) is 61.5 Å². The van der Waals surface area contributed by atoms with Gasteiger partial charge in [0.15, 0.2) is 12.0 Å². The van der Waals surface area contributed by atoms with Crippen LogP contribution in [0.2, 0.25) is 0 Å². The number of rotatable bonds is 3. The molecule has 1 atom stereocenters. The summed E-state index contributed by atoms with van der Waals surface area (Å²) in [5, 5.41) is 17.9. The fourth-order valence-electron chi connectivity index (χ4n) is 3.20. The van der Waals surface area contributed by atoms with Crippen LogP contribution < -0.4 is 10.2 Å². The number of anilines is 1. The zero-order chi connectivity index (χ0) is 19.2. The van der Waals surface area contributed by atoms with E-state index in [-0.39, 0.29) is 17.5 Å². The Morgan fingerprint density at radius 3 is 2.62 bits per heavy atom. The van der Waals surface area contributed by atoms with E-state index in [9.17, 15) is 9.90 Å². The predicted molar refractivity (Wildman–Crippen MR) is 100 cm³/mol. The molecule has 2 N–H and O–H groups in total. The molecule has 1 fully saturated rings. The second-order valence-corrected chi connectivity index (χ2v) is 8.12. The number of aliphatic hydroxyl groups is 1. The number of carbonyl (C=O) groups is 1. The number of aryl methyl sites for hydroxylation is 1. The number of fused-ring (bicyclic) bond motifs is 1. The van der Waals surface area contributed by atoms with Crippen molar-refractivity contribution in [1.29, 1.82) is 0 Å². The van der Waals surface area contributed by atoms with Crippen molar-refractivity contribution in [3.05, 3.63) is 23.5 Å². The summed E-state index contributed by atoms with van der Waals surface area (Å²) in [5.74, 6) is 0.443. The number of nitrogens with zero attached hydrogens (tertiary/aromatic N) is 5. The first-order valence-corrected chi connectivity index (χ1v) is 8.97. The molecule has 3 rings (SSSR count). The fourth-order valence-corrected chi connectivity index (χ4v) is 3.20. The molecule has 142 valence electrons. The number of aliphatic hydroxyl groups excluding tert-OH is 1. The van der Waals surface area contributed by atoms with E-state index < -0.39 is 6.35 Å². The van der Waals surface area contributed by atoms with Gasteiger partial charge < -0.3 is 15.3 Å². The van der Waals surface area contributed by atoms with E-state index >= 15 is 0 Å². The fraction of sp³-hybridized carbons (Fsp3) is 0.611. The lowest BCUT2D eigenvalue weighted by Crippen LogP contribution is -2.42. The summed E-state index contributed by atoms with van der Waals surface area (Å²) in [6, 6.07) is 2.13. The molecule has 3 heterocycles. The van der Waals surface area contributed by atoms with E-state index in [1.165, 1.54) is 0 Å². The first-order chi connectivity index (χ1) is 12.1. The molecular weight excluding hydrogens is 332 g/mol. The average Bonchev–Trinajstić information content (AvgIpc) is 3.09. The van der Waals surface area contributed by atoms with E-state index in [4.69, 9.17) is 0 Å². The molecule has 2 aromatic heterocycles. The Bertz CT molecular complexity index is 823. The third-order valence-corrected chi connectivity index (χ3v) is 4.50. The Kier molecular flexibility index (Phi) is 4.66. The quantitative estimate of drug-likeness (QED) is 0.860. The smallest absolute Gasteiger partial charge is 0.257 e. The van der Waals surface area contributed by atoms with Crippen molar-refractivity contribution in [3.63, 3.8) is 0 Å². The van der Waals surface area contributed by atoms with Gasteiger partial charge in [0.2, 0.25) is 0 Å². The standard InChI is InChI=1S/C18H28N6O2/c1-11(2)22-7-8-23(17(22)26)14-9-12(3)24-15(20-14)13(10-19-24)16(25)21-18(4,5)6/h9-11,17,26H,7-8H2,1-6H3,(H,21,25). The summed E-state index contributed by atoms with van der Waals surface area (Å²) in [6.45, 7) is 13.3. The van der Waals surface area contributed by atoms with Gasteiger partial charge in [-0.25, -0.2) is 9.50 Å². The molecule has 0 aromatic carbocycles. The number of aromatic nitrogens is 3. The van der Waals surface area contributed by atoms with Crippen LogP contribution in [0.25, 0.3) is 5.65 Å². The van der Waals surface area contributed by atoms with Crippen molar-refractivity contribution >= 4 is 17.4 Å². The van der Waals surface area contributed by atoms with Gasteiger partial charge >= 0.3 is 0 Å². The highest BCUT2D eigenvalue weighted by Gasteiger charge is 2.33. The highest BCUT2D eigenvalue weighted by molar-refractivity contribution is 6.00. The Morgan fingerprint density at radius 2 is 2.04 bits per heavy atom. The first kappa shape index (κ1) is 18.6. The lowest BCUT2D eigenvalue weighted by atomic mass is 10.1. The van der Waals surface area contributed by atoms with Crippen LogP contribution in [0.5, 0.6) is 0 Å². The molecule has 0 radical (unpaired) electrons. The summed E-state index contributed by atoms with van der Waals surface area (Å²) >= 11 is 0. The second kappa shape index (κ2) is 6.51. The highest BCUT2D eigenvalue weighted by atomic mass is 16.3. The monoisotopic (exact) mass is 360 g/mol. The Hall–Kier alpha value is -2.19. The molecule has 1 unspecified atom stereocenters.